The van der Waals surface area contributed by atoms with Crippen LogP contribution in [0.1, 0.15) is 33.3 Å². The molecule has 2 rings (SSSR count). The molecule has 0 radical (unpaired) electrons. The first-order chi connectivity index (χ1) is 12.6. The molecule has 1 atom stereocenters. The van der Waals surface area contributed by atoms with Gasteiger partial charge in [-0.2, -0.15) is 0 Å². The van der Waals surface area contributed by atoms with E-state index >= 15 is 0 Å². The van der Waals surface area contributed by atoms with Gasteiger partial charge in [0.2, 0.25) is 11.8 Å². The highest BCUT2D eigenvalue weighted by Crippen LogP contribution is 2.27. The zero-order chi connectivity index (χ0) is 20.2. The smallest absolute Gasteiger partial charge is 0.316 e. The molecule has 7 nitrogen and oxygen atoms in total. The van der Waals surface area contributed by atoms with Gasteiger partial charge < -0.3 is 15.3 Å². The van der Waals surface area contributed by atoms with E-state index in [9.17, 15) is 19.5 Å². The number of carbonyl (C=O) groups excluding carboxylic acids is 2. The van der Waals surface area contributed by atoms with Crippen LogP contribution in [-0.4, -0.2) is 58.9 Å². The molecule has 1 unspecified atom stereocenters. The average Bonchev–Trinajstić information content (AvgIpc) is 2.55. The number of rotatable bonds is 5. The number of benzene rings is 1. The number of nitrogens with one attached hydrogen (secondary N) is 1. The zero-order valence-corrected chi connectivity index (χ0v) is 16.5. The highest BCUT2D eigenvalue weighted by Gasteiger charge is 2.37. The Balaban J connectivity index is 1.92. The number of amides is 2. The Morgan fingerprint density at radius 3 is 2.07 bits per heavy atom. The van der Waals surface area contributed by atoms with Crippen LogP contribution in [0, 0.1) is 11.3 Å². The van der Waals surface area contributed by atoms with Gasteiger partial charge in [0.25, 0.3) is 0 Å². The molecule has 148 valence electrons. The van der Waals surface area contributed by atoms with E-state index in [2.05, 4.69) is 10.2 Å². The molecule has 0 spiro atoms. The van der Waals surface area contributed by atoms with E-state index in [0.717, 1.165) is 38.3 Å². The maximum atomic E-state index is 12.4. The fourth-order valence-electron chi connectivity index (χ4n) is 3.26. The van der Waals surface area contributed by atoms with E-state index < -0.39 is 23.2 Å². The monoisotopic (exact) mass is 375 g/mol. The predicted molar refractivity (Wildman–Crippen MR) is 103 cm³/mol. The Morgan fingerprint density at radius 1 is 1.07 bits per heavy atom. The second-order valence-electron chi connectivity index (χ2n) is 8.11. The first-order valence-corrected chi connectivity index (χ1v) is 9.18. The molecule has 0 aromatic heterocycles. The number of aliphatic carboxylic acids is 1. The summed E-state index contributed by atoms with van der Waals surface area (Å²) in [7, 11) is 0. The number of anilines is 1. The topological polar surface area (TPSA) is 90.0 Å². The summed E-state index contributed by atoms with van der Waals surface area (Å²) in [6.07, 6.45) is 0. The molecule has 27 heavy (non-hydrogen) atoms. The van der Waals surface area contributed by atoms with Crippen molar-refractivity contribution >= 4 is 23.5 Å². The molecule has 1 aliphatic heterocycles. The number of hydrogen-bond acceptors (Lipinski definition) is 4. The largest absolute Gasteiger partial charge is 0.481 e. The minimum absolute atomic E-state index is 0.115. The minimum Gasteiger partial charge on any atom is -0.481 e. The normalized spacial score (nSPS) is 16.7. The van der Waals surface area contributed by atoms with Crippen molar-refractivity contribution in [2.24, 2.45) is 11.3 Å². The molecule has 1 aliphatic rings. The number of nitrogens with zero attached hydrogens (tertiary/aromatic N) is 2. The number of piperazine rings is 1. The molecule has 2 N–H and O–H groups in total. The fourth-order valence-corrected chi connectivity index (χ4v) is 3.26. The number of carboxylic acid groups (broad SMARTS) is 1. The number of carbonyl (C=O) groups is 3. The summed E-state index contributed by atoms with van der Waals surface area (Å²) in [4.78, 5) is 39.3. The standard InChI is InChI=1S/C20H29N3O4/c1-14(24)23-11-9-22(10-12-23)13-15-5-7-16(8-6-15)21-18(25)17(19(26)27)20(2,3)4/h5-8,17H,9-13H2,1-4H3,(H,21,25)(H,26,27). The van der Waals surface area contributed by atoms with Crippen LogP contribution in [0.3, 0.4) is 0 Å². The van der Waals surface area contributed by atoms with Gasteiger partial charge in [-0.25, -0.2) is 0 Å². The molecular formula is C20H29N3O4. The number of carboxylic acids is 1. The van der Waals surface area contributed by atoms with Crippen molar-refractivity contribution in [1.29, 1.82) is 0 Å². The van der Waals surface area contributed by atoms with Crippen molar-refractivity contribution in [1.82, 2.24) is 9.80 Å². The average molecular weight is 375 g/mol. The van der Waals surface area contributed by atoms with Gasteiger partial charge in [0.05, 0.1) is 0 Å². The van der Waals surface area contributed by atoms with Gasteiger partial charge in [0.1, 0.15) is 5.92 Å². The van der Waals surface area contributed by atoms with Gasteiger partial charge in [0.15, 0.2) is 0 Å². The van der Waals surface area contributed by atoms with Gasteiger partial charge >= 0.3 is 5.97 Å². The van der Waals surface area contributed by atoms with Crippen LogP contribution in [0.2, 0.25) is 0 Å². The van der Waals surface area contributed by atoms with Crippen molar-refractivity contribution in [3.05, 3.63) is 29.8 Å². The Morgan fingerprint density at radius 2 is 1.63 bits per heavy atom. The van der Waals surface area contributed by atoms with Gasteiger partial charge in [-0.3, -0.25) is 19.3 Å². The lowest BCUT2D eigenvalue weighted by molar-refractivity contribution is -0.149. The van der Waals surface area contributed by atoms with E-state index in [0.29, 0.717) is 5.69 Å². The Labute approximate surface area is 160 Å². The van der Waals surface area contributed by atoms with E-state index in [-0.39, 0.29) is 5.91 Å². The first-order valence-electron chi connectivity index (χ1n) is 9.18. The van der Waals surface area contributed by atoms with E-state index in [1.165, 1.54) is 0 Å². The first kappa shape index (κ1) is 20.9. The lowest BCUT2D eigenvalue weighted by Crippen LogP contribution is -2.47. The quantitative estimate of drug-likeness (QED) is 0.769. The van der Waals surface area contributed by atoms with E-state index in [4.69, 9.17) is 0 Å². The molecule has 0 saturated carbocycles. The lowest BCUT2D eigenvalue weighted by Gasteiger charge is -2.34. The predicted octanol–water partition coefficient (Wildman–Crippen LogP) is 2.04. The van der Waals surface area contributed by atoms with Crippen LogP contribution in [0.25, 0.3) is 0 Å². The van der Waals surface area contributed by atoms with Crippen molar-refractivity contribution in [2.45, 2.75) is 34.2 Å². The third-order valence-corrected chi connectivity index (χ3v) is 4.82. The van der Waals surface area contributed by atoms with Crippen molar-refractivity contribution in [3.8, 4) is 0 Å². The van der Waals surface area contributed by atoms with Gasteiger partial charge in [-0.15, -0.1) is 0 Å². The highest BCUT2D eigenvalue weighted by atomic mass is 16.4. The summed E-state index contributed by atoms with van der Waals surface area (Å²) < 4.78 is 0. The SMILES string of the molecule is CC(=O)N1CCN(Cc2ccc(NC(=O)C(C(=O)O)C(C)(C)C)cc2)CC1. The van der Waals surface area contributed by atoms with Crippen molar-refractivity contribution in [2.75, 3.05) is 31.5 Å². The molecule has 1 saturated heterocycles. The maximum absolute atomic E-state index is 12.4. The van der Waals surface area contributed by atoms with Crippen LogP contribution < -0.4 is 5.32 Å². The van der Waals surface area contributed by atoms with E-state index in [1.807, 2.05) is 17.0 Å². The van der Waals surface area contributed by atoms with Crippen LogP contribution in [-0.2, 0) is 20.9 Å². The summed E-state index contributed by atoms with van der Waals surface area (Å²) in [5, 5.41) is 12.0. The maximum Gasteiger partial charge on any atom is 0.316 e. The molecule has 1 fully saturated rings. The van der Waals surface area contributed by atoms with E-state index in [1.54, 1.807) is 39.8 Å². The summed E-state index contributed by atoms with van der Waals surface area (Å²) in [5.41, 5.74) is 1.02. The van der Waals surface area contributed by atoms with Gasteiger partial charge in [-0.05, 0) is 23.1 Å². The van der Waals surface area contributed by atoms with Crippen LogP contribution in [0.4, 0.5) is 5.69 Å². The molecule has 7 heteroatoms. The van der Waals surface area contributed by atoms with Gasteiger partial charge in [-0.1, -0.05) is 32.9 Å². The molecule has 1 heterocycles. The summed E-state index contributed by atoms with van der Waals surface area (Å²) in [5.74, 6) is -2.64. The van der Waals surface area contributed by atoms with Crippen molar-refractivity contribution < 1.29 is 19.5 Å². The van der Waals surface area contributed by atoms with Crippen LogP contribution >= 0.6 is 0 Å². The van der Waals surface area contributed by atoms with Crippen LogP contribution in [0.15, 0.2) is 24.3 Å². The number of hydrogen-bond donors (Lipinski definition) is 2. The molecule has 1 aromatic rings. The fraction of sp³-hybridized carbons (Fsp3) is 0.550. The minimum atomic E-state index is -1.12. The van der Waals surface area contributed by atoms with Crippen molar-refractivity contribution in [3.63, 3.8) is 0 Å². The molecular weight excluding hydrogens is 346 g/mol. The van der Waals surface area contributed by atoms with Crippen LogP contribution in [0.5, 0.6) is 0 Å². The Hall–Kier alpha value is -2.41. The summed E-state index contributed by atoms with van der Waals surface area (Å²) >= 11 is 0. The highest BCUT2D eigenvalue weighted by molar-refractivity contribution is 6.04. The third-order valence-electron chi connectivity index (χ3n) is 4.82. The third kappa shape index (κ3) is 5.79. The summed E-state index contributed by atoms with van der Waals surface area (Å²) in [6.45, 7) is 10.7. The molecule has 1 aromatic carbocycles. The molecule has 0 aliphatic carbocycles. The lowest BCUT2D eigenvalue weighted by atomic mass is 9.80. The molecule has 0 bridgehead atoms. The second-order valence-corrected chi connectivity index (χ2v) is 8.11. The summed E-state index contributed by atoms with van der Waals surface area (Å²) in [6, 6.07) is 7.45. The second kappa shape index (κ2) is 8.52. The molecule has 2 amide bonds. The Kier molecular flexibility index (Phi) is 6.59. The van der Waals surface area contributed by atoms with Gasteiger partial charge in [0, 0.05) is 45.3 Å². The Bertz CT molecular complexity index is 686. The zero-order valence-electron chi connectivity index (χ0n) is 16.5.